The molecule has 0 amide bonds. The Kier molecular flexibility index (Phi) is 4.75. The van der Waals surface area contributed by atoms with Gasteiger partial charge in [0.25, 0.3) is 5.89 Å². The molecule has 30 heavy (non-hydrogen) atoms. The second kappa shape index (κ2) is 7.71. The molecule has 2 aromatic heterocycles. The molecule has 3 aromatic carbocycles. The van der Waals surface area contributed by atoms with Crippen LogP contribution < -0.4 is 11.1 Å². The fourth-order valence-electron chi connectivity index (χ4n) is 3.16. The Morgan fingerprint density at radius 1 is 0.933 bits per heavy atom. The molecule has 0 aliphatic rings. The second-order valence-corrected chi connectivity index (χ2v) is 7.76. The average Bonchev–Trinajstić information content (AvgIpc) is 3.21. The maximum Gasteiger partial charge on any atom is 0.434 e. The molecule has 0 atom stereocenters. The molecule has 0 fully saturated rings. The van der Waals surface area contributed by atoms with Crippen molar-refractivity contribution in [2.75, 3.05) is 5.32 Å². The molecule has 5 aromatic rings. The van der Waals surface area contributed by atoms with Crippen LogP contribution in [-0.4, -0.2) is 20.2 Å². The van der Waals surface area contributed by atoms with Crippen molar-refractivity contribution in [2.24, 2.45) is 0 Å². The van der Waals surface area contributed by atoms with Gasteiger partial charge in [0.1, 0.15) is 5.82 Å². The monoisotopic (exact) mass is 507 g/mol. The smallest absolute Gasteiger partial charge is 0.388 e. The van der Waals surface area contributed by atoms with Gasteiger partial charge in [-0.2, -0.15) is 0 Å². The lowest BCUT2D eigenvalue weighted by Gasteiger charge is -2.13. The van der Waals surface area contributed by atoms with Crippen molar-refractivity contribution in [2.45, 2.75) is 0 Å². The number of rotatable bonds is 4. The lowest BCUT2D eigenvalue weighted by atomic mass is 10.1. The molecule has 0 saturated heterocycles. The molecule has 0 unspecified atom stereocenters. The van der Waals surface area contributed by atoms with Crippen LogP contribution in [0.25, 0.3) is 33.7 Å². The van der Waals surface area contributed by atoms with Crippen molar-refractivity contribution < 1.29 is 4.42 Å². The molecule has 5 rings (SSSR count). The van der Waals surface area contributed by atoms with Gasteiger partial charge in [-0.15, -0.1) is 5.10 Å². The quantitative estimate of drug-likeness (QED) is 0.333. The number of anilines is 2. The molecule has 0 spiro atoms. The van der Waals surface area contributed by atoms with E-state index in [0.717, 1.165) is 20.0 Å². The summed E-state index contributed by atoms with van der Waals surface area (Å²) in [4.78, 5) is 21.0. The van der Waals surface area contributed by atoms with Gasteiger partial charge in [0.05, 0.1) is 16.8 Å². The van der Waals surface area contributed by atoms with Crippen LogP contribution in [0.4, 0.5) is 11.5 Å². The third-order valence-corrected chi connectivity index (χ3v) is 5.21. The van der Waals surface area contributed by atoms with Crippen molar-refractivity contribution in [3.8, 4) is 22.8 Å². The molecule has 0 aliphatic heterocycles. The van der Waals surface area contributed by atoms with E-state index >= 15 is 0 Å². The van der Waals surface area contributed by atoms with Crippen LogP contribution >= 0.6 is 22.6 Å². The fourth-order valence-corrected chi connectivity index (χ4v) is 3.65. The highest BCUT2D eigenvalue weighted by Crippen LogP contribution is 2.32. The summed E-state index contributed by atoms with van der Waals surface area (Å²) in [5, 5.41) is 10.5. The number of halogens is 1. The highest BCUT2D eigenvalue weighted by atomic mass is 127. The van der Waals surface area contributed by atoms with Crippen molar-refractivity contribution in [3.05, 3.63) is 86.9 Å². The average molecular weight is 507 g/mol. The Balaban J connectivity index is 1.68. The van der Waals surface area contributed by atoms with Crippen LogP contribution in [0.2, 0.25) is 0 Å². The number of hydrogen-bond acceptors (Lipinski definition) is 6. The molecular formula is C22H14IN5O2. The number of aromatic amines is 1. The van der Waals surface area contributed by atoms with Gasteiger partial charge >= 0.3 is 5.76 Å². The molecule has 7 nitrogen and oxygen atoms in total. The van der Waals surface area contributed by atoms with E-state index in [1.165, 1.54) is 0 Å². The van der Waals surface area contributed by atoms with E-state index in [-0.39, 0.29) is 5.89 Å². The van der Waals surface area contributed by atoms with Gasteiger partial charge in [-0.25, -0.2) is 19.9 Å². The summed E-state index contributed by atoms with van der Waals surface area (Å²) in [6.45, 7) is 0. The van der Waals surface area contributed by atoms with Crippen LogP contribution in [0, 0.1) is 3.57 Å². The summed E-state index contributed by atoms with van der Waals surface area (Å²) in [5.74, 6) is 0.880. The summed E-state index contributed by atoms with van der Waals surface area (Å²) in [6, 6.07) is 23.3. The Labute approximate surface area is 184 Å². The number of aromatic nitrogens is 4. The topological polar surface area (TPSA) is 96.7 Å². The first-order valence-corrected chi connectivity index (χ1v) is 10.2. The Bertz CT molecular complexity index is 1410. The normalized spacial score (nSPS) is 11.0. The van der Waals surface area contributed by atoms with Gasteiger partial charge in [-0.05, 0) is 52.9 Å². The molecule has 0 aliphatic carbocycles. The minimum absolute atomic E-state index is 0.208. The van der Waals surface area contributed by atoms with Gasteiger partial charge in [-0.3, -0.25) is 0 Å². The van der Waals surface area contributed by atoms with E-state index in [1.54, 1.807) is 0 Å². The van der Waals surface area contributed by atoms with Gasteiger partial charge in [0.15, 0.2) is 5.82 Å². The van der Waals surface area contributed by atoms with E-state index in [0.29, 0.717) is 22.9 Å². The highest BCUT2D eigenvalue weighted by Gasteiger charge is 2.15. The summed E-state index contributed by atoms with van der Waals surface area (Å²) in [6.07, 6.45) is 0. The largest absolute Gasteiger partial charge is 0.434 e. The zero-order valence-corrected chi connectivity index (χ0v) is 17.6. The van der Waals surface area contributed by atoms with Gasteiger partial charge in [0, 0.05) is 14.5 Å². The molecular weight excluding hydrogens is 493 g/mol. The number of para-hydroxylation sites is 1. The predicted molar refractivity (Wildman–Crippen MR) is 124 cm³/mol. The van der Waals surface area contributed by atoms with Crippen LogP contribution in [0.1, 0.15) is 0 Å². The maximum absolute atomic E-state index is 11.4. The maximum atomic E-state index is 11.4. The first-order chi connectivity index (χ1) is 14.7. The van der Waals surface area contributed by atoms with E-state index in [4.69, 9.17) is 14.4 Å². The first kappa shape index (κ1) is 18.5. The first-order valence-electron chi connectivity index (χ1n) is 9.12. The van der Waals surface area contributed by atoms with Crippen molar-refractivity contribution in [3.63, 3.8) is 0 Å². The van der Waals surface area contributed by atoms with Crippen LogP contribution in [0.3, 0.4) is 0 Å². The molecule has 0 radical (unpaired) electrons. The number of nitrogens with zero attached hydrogens (tertiary/aromatic N) is 3. The molecule has 0 bridgehead atoms. The number of fused-ring (bicyclic) bond motifs is 1. The highest BCUT2D eigenvalue weighted by molar-refractivity contribution is 14.1. The Morgan fingerprint density at radius 3 is 2.53 bits per heavy atom. The number of nitrogens with one attached hydrogen (secondary N) is 2. The third-order valence-electron chi connectivity index (χ3n) is 4.54. The van der Waals surface area contributed by atoms with Crippen molar-refractivity contribution >= 4 is 45.0 Å². The van der Waals surface area contributed by atoms with Crippen molar-refractivity contribution in [1.29, 1.82) is 0 Å². The second-order valence-electron chi connectivity index (χ2n) is 6.51. The summed E-state index contributed by atoms with van der Waals surface area (Å²) in [7, 11) is 0. The summed E-state index contributed by atoms with van der Waals surface area (Å²) in [5.41, 5.74) is 3.11. The number of hydrogen-bond donors (Lipinski definition) is 2. The number of benzene rings is 3. The van der Waals surface area contributed by atoms with Gasteiger partial charge < -0.3 is 9.73 Å². The van der Waals surface area contributed by atoms with Gasteiger partial charge in [-0.1, -0.05) is 42.5 Å². The Hall–Kier alpha value is -3.53. The summed E-state index contributed by atoms with van der Waals surface area (Å²) >= 11 is 2.27. The van der Waals surface area contributed by atoms with Gasteiger partial charge in [0.2, 0.25) is 0 Å². The zero-order chi connectivity index (χ0) is 20.5. The van der Waals surface area contributed by atoms with Crippen molar-refractivity contribution in [1.82, 2.24) is 20.2 Å². The number of H-pyrrole nitrogens is 1. The molecule has 2 heterocycles. The molecule has 2 N–H and O–H groups in total. The minimum Gasteiger partial charge on any atom is -0.388 e. The predicted octanol–water partition coefficient (Wildman–Crippen LogP) is 4.99. The molecule has 8 heteroatoms. The van der Waals surface area contributed by atoms with Crippen LogP contribution in [-0.2, 0) is 0 Å². The third kappa shape index (κ3) is 3.57. The zero-order valence-electron chi connectivity index (χ0n) is 15.5. The summed E-state index contributed by atoms with van der Waals surface area (Å²) < 4.78 is 6.23. The SMILES string of the molecule is O=c1[nH]nc(-c2ccccc2Nc2nc(-c3ccccc3)nc3ccc(I)cc23)o1. The fraction of sp³-hybridized carbons (Fsp3) is 0. The Morgan fingerprint density at radius 2 is 1.73 bits per heavy atom. The lowest BCUT2D eigenvalue weighted by Crippen LogP contribution is -2.01. The molecule has 146 valence electrons. The molecule has 0 saturated carbocycles. The van der Waals surface area contributed by atoms with E-state index in [9.17, 15) is 4.79 Å². The minimum atomic E-state index is -0.604. The van der Waals surface area contributed by atoms with E-state index < -0.39 is 5.76 Å². The van der Waals surface area contributed by atoms with E-state index in [2.05, 4.69) is 38.1 Å². The standard InChI is InChI=1S/C22H14IN5O2/c23-14-10-11-18-16(12-14)20(26-19(24-18)13-6-2-1-3-7-13)25-17-9-5-4-8-15(17)21-27-28-22(29)30-21/h1-12H,(H,28,29)(H,24,25,26). The van der Waals surface area contributed by atoms with E-state index in [1.807, 2.05) is 72.8 Å². The van der Waals surface area contributed by atoms with Crippen LogP contribution in [0.5, 0.6) is 0 Å². The van der Waals surface area contributed by atoms with Crippen LogP contribution in [0.15, 0.2) is 82.0 Å². The lowest BCUT2D eigenvalue weighted by molar-refractivity contribution is 0.527.